The van der Waals surface area contributed by atoms with Crippen molar-refractivity contribution in [3.8, 4) is 6.07 Å². The molecule has 3 rings (SSSR count). The highest BCUT2D eigenvalue weighted by Gasteiger charge is 2.19. The van der Waals surface area contributed by atoms with Gasteiger partial charge in [0.2, 0.25) is 0 Å². The van der Waals surface area contributed by atoms with Crippen molar-refractivity contribution in [2.24, 2.45) is 0 Å². The predicted octanol–water partition coefficient (Wildman–Crippen LogP) is 4.18. The first-order chi connectivity index (χ1) is 13.3. The van der Waals surface area contributed by atoms with Crippen molar-refractivity contribution in [3.63, 3.8) is 0 Å². The predicted molar refractivity (Wildman–Crippen MR) is 110 cm³/mol. The first-order valence-corrected chi connectivity index (χ1v) is 10.7. The van der Waals surface area contributed by atoms with Gasteiger partial charge in [-0.3, -0.25) is 0 Å². The Morgan fingerprint density at radius 2 is 1.79 bits per heavy atom. The number of pyridine rings is 1. The molecule has 1 N–H and O–H groups in total. The molecule has 5 nitrogen and oxygen atoms in total. The van der Waals surface area contributed by atoms with E-state index in [1.165, 1.54) is 6.26 Å². The highest BCUT2D eigenvalue weighted by molar-refractivity contribution is 7.90. The van der Waals surface area contributed by atoms with Crippen LogP contribution in [0.1, 0.15) is 34.0 Å². The quantitative estimate of drug-likeness (QED) is 0.706. The second-order valence-corrected chi connectivity index (χ2v) is 8.82. The molecular weight excluding hydrogens is 370 g/mol. The number of rotatable bonds is 5. The largest absolute Gasteiger partial charge is 0.359 e. The smallest absolute Gasteiger partial charge is 0.175 e. The van der Waals surface area contributed by atoms with Crippen molar-refractivity contribution in [2.45, 2.75) is 24.8 Å². The normalized spacial score (nSPS) is 12.2. The van der Waals surface area contributed by atoms with E-state index in [-0.39, 0.29) is 10.9 Å². The number of nitriles is 1. The number of nitrogens with zero attached hydrogens (tertiary/aromatic N) is 2. The molecule has 0 fully saturated rings. The molecule has 0 saturated carbocycles. The Kier molecular flexibility index (Phi) is 5.48. The molecule has 1 unspecified atom stereocenters. The average molecular weight is 391 g/mol. The van der Waals surface area contributed by atoms with Gasteiger partial charge in [0.1, 0.15) is 17.6 Å². The summed E-state index contributed by atoms with van der Waals surface area (Å²) in [6.45, 7) is 4.05. The first kappa shape index (κ1) is 19.6. The van der Waals surface area contributed by atoms with Crippen LogP contribution in [0.2, 0.25) is 0 Å². The molecule has 142 valence electrons. The molecule has 6 heteroatoms. The van der Waals surface area contributed by atoms with Crippen LogP contribution in [0.3, 0.4) is 0 Å². The zero-order valence-electron chi connectivity index (χ0n) is 16.0. The number of anilines is 1. The third-order valence-corrected chi connectivity index (χ3v) is 5.62. The highest BCUT2D eigenvalue weighted by atomic mass is 32.2. The van der Waals surface area contributed by atoms with Gasteiger partial charge in [0.15, 0.2) is 9.84 Å². The molecule has 0 aliphatic rings. The topological polar surface area (TPSA) is 82.8 Å². The van der Waals surface area contributed by atoms with Crippen molar-refractivity contribution in [3.05, 3.63) is 88.6 Å². The Hall–Kier alpha value is -3.17. The molecule has 0 aliphatic carbocycles. The van der Waals surface area contributed by atoms with Crippen LogP contribution in [0.5, 0.6) is 0 Å². The van der Waals surface area contributed by atoms with E-state index in [2.05, 4.69) is 16.4 Å². The lowest BCUT2D eigenvalue weighted by Crippen LogP contribution is -2.15. The maximum Gasteiger partial charge on any atom is 0.175 e. The molecule has 3 aromatic rings. The number of aryl methyl sites for hydroxylation is 2. The summed E-state index contributed by atoms with van der Waals surface area (Å²) in [7, 11) is -3.33. The Morgan fingerprint density at radius 1 is 1.04 bits per heavy atom. The van der Waals surface area contributed by atoms with Crippen molar-refractivity contribution in [1.29, 1.82) is 5.26 Å². The van der Waals surface area contributed by atoms with Crippen LogP contribution in [0, 0.1) is 25.2 Å². The molecule has 1 aromatic heterocycles. The van der Waals surface area contributed by atoms with Crippen molar-refractivity contribution in [2.75, 3.05) is 11.6 Å². The molecule has 0 radical (unpaired) electrons. The maximum atomic E-state index is 12.0. The van der Waals surface area contributed by atoms with Crippen LogP contribution in [0.15, 0.2) is 65.6 Å². The number of benzene rings is 2. The van der Waals surface area contributed by atoms with E-state index >= 15 is 0 Å². The van der Waals surface area contributed by atoms with Crippen LogP contribution in [-0.4, -0.2) is 19.7 Å². The summed E-state index contributed by atoms with van der Waals surface area (Å²) in [6.07, 6.45) is 1.20. The summed E-state index contributed by atoms with van der Waals surface area (Å²) in [6, 6.07) is 20.0. The number of hydrogen-bond donors (Lipinski definition) is 1. The van der Waals surface area contributed by atoms with E-state index in [1.807, 2.05) is 38.1 Å². The highest BCUT2D eigenvalue weighted by Crippen LogP contribution is 2.30. The van der Waals surface area contributed by atoms with E-state index in [4.69, 9.17) is 5.26 Å². The summed E-state index contributed by atoms with van der Waals surface area (Å²) in [5.41, 5.74) is 4.36. The molecule has 1 heterocycles. The summed E-state index contributed by atoms with van der Waals surface area (Å²) in [5, 5.41) is 12.5. The van der Waals surface area contributed by atoms with Gasteiger partial charge in [-0.2, -0.15) is 5.26 Å². The second-order valence-electron chi connectivity index (χ2n) is 6.80. The summed E-state index contributed by atoms with van der Waals surface area (Å²) < 4.78 is 24.1. The van der Waals surface area contributed by atoms with E-state index in [1.54, 1.807) is 36.4 Å². The number of hydrogen-bond acceptors (Lipinski definition) is 5. The number of nitrogens with one attached hydrogen (secondary N) is 1. The zero-order valence-corrected chi connectivity index (χ0v) is 16.8. The van der Waals surface area contributed by atoms with Gasteiger partial charge >= 0.3 is 0 Å². The fourth-order valence-electron chi connectivity index (χ4n) is 3.14. The van der Waals surface area contributed by atoms with E-state index in [0.29, 0.717) is 11.5 Å². The van der Waals surface area contributed by atoms with Crippen LogP contribution >= 0.6 is 0 Å². The minimum atomic E-state index is -3.33. The molecule has 2 aromatic carbocycles. The van der Waals surface area contributed by atoms with Crippen molar-refractivity contribution >= 4 is 15.7 Å². The van der Waals surface area contributed by atoms with Gasteiger partial charge in [-0.25, -0.2) is 13.4 Å². The lowest BCUT2D eigenvalue weighted by atomic mass is 9.94. The van der Waals surface area contributed by atoms with Crippen LogP contribution in [0.4, 0.5) is 5.82 Å². The zero-order chi connectivity index (χ0) is 20.3. The summed E-state index contributed by atoms with van der Waals surface area (Å²) in [5.74, 6) is 0.550. The van der Waals surface area contributed by atoms with Gasteiger partial charge in [-0.1, -0.05) is 42.0 Å². The standard InChI is InChI=1S/C22H21N3O2S/c1-15-10-11-20(16(2)12-15)22(25-21-9-5-7-18(14-23)24-21)17-6-4-8-19(13-17)28(3,26)27/h4-13,22H,1-3H3,(H,24,25). The summed E-state index contributed by atoms with van der Waals surface area (Å²) in [4.78, 5) is 4.57. The van der Waals surface area contributed by atoms with Gasteiger partial charge in [0.05, 0.1) is 10.9 Å². The molecule has 0 spiro atoms. The fraction of sp³-hybridized carbons (Fsp3) is 0.182. The molecule has 0 saturated heterocycles. The molecule has 28 heavy (non-hydrogen) atoms. The molecule has 0 aliphatic heterocycles. The minimum Gasteiger partial charge on any atom is -0.359 e. The first-order valence-electron chi connectivity index (χ1n) is 8.79. The van der Waals surface area contributed by atoms with Gasteiger partial charge in [-0.05, 0) is 54.8 Å². The third-order valence-electron chi connectivity index (χ3n) is 4.51. The Balaban J connectivity index is 2.13. The average Bonchev–Trinajstić information content (AvgIpc) is 2.66. The molecular formula is C22H21N3O2S. The van der Waals surface area contributed by atoms with Crippen molar-refractivity contribution < 1.29 is 8.42 Å². The lowest BCUT2D eigenvalue weighted by Gasteiger charge is -2.23. The van der Waals surface area contributed by atoms with Gasteiger partial charge in [0.25, 0.3) is 0 Å². The van der Waals surface area contributed by atoms with E-state index in [0.717, 1.165) is 22.3 Å². The SMILES string of the molecule is Cc1ccc(C(Nc2cccc(C#N)n2)c2cccc(S(C)(=O)=O)c2)c(C)c1. The maximum absolute atomic E-state index is 12.0. The fourth-order valence-corrected chi connectivity index (χ4v) is 3.82. The van der Waals surface area contributed by atoms with Gasteiger partial charge in [0, 0.05) is 6.26 Å². The minimum absolute atomic E-state index is 0.264. The van der Waals surface area contributed by atoms with E-state index in [9.17, 15) is 8.42 Å². The van der Waals surface area contributed by atoms with Crippen LogP contribution in [-0.2, 0) is 9.84 Å². The van der Waals surface area contributed by atoms with Gasteiger partial charge in [-0.15, -0.1) is 0 Å². The molecule has 0 amide bonds. The summed E-state index contributed by atoms with van der Waals surface area (Å²) >= 11 is 0. The Bertz CT molecular complexity index is 1160. The van der Waals surface area contributed by atoms with Crippen LogP contribution in [0.25, 0.3) is 0 Å². The van der Waals surface area contributed by atoms with Gasteiger partial charge < -0.3 is 5.32 Å². The lowest BCUT2D eigenvalue weighted by molar-refractivity contribution is 0.601. The second kappa shape index (κ2) is 7.83. The number of sulfone groups is 1. The monoisotopic (exact) mass is 391 g/mol. The van der Waals surface area contributed by atoms with Crippen LogP contribution < -0.4 is 5.32 Å². The Morgan fingerprint density at radius 3 is 2.46 bits per heavy atom. The van der Waals surface area contributed by atoms with Crippen molar-refractivity contribution in [1.82, 2.24) is 4.98 Å². The Labute approximate surface area is 165 Å². The number of aromatic nitrogens is 1. The molecule has 0 bridgehead atoms. The molecule has 1 atom stereocenters. The third kappa shape index (κ3) is 4.38. The van der Waals surface area contributed by atoms with E-state index < -0.39 is 9.84 Å².